The number of hydrogen-bond donors (Lipinski definition) is 1. The van der Waals surface area contributed by atoms with Crippen LogP contribution in [0.15, 0.2) is 52.3 Å². The summed E-state index contributed by atoms with van der Waals surface area (Å²) in [7, 11) is -6.23. The Bertz CT molecular complexity index is 1160. The minimum Gasteiger partial charge on any atom is -0.384 e. The number of benzene rings is 2. The number of rotatable bonds is 7. The Kier molecular flexibility index (Phi) is 6.64. The minimum absolute atomic E-state index is 0.0819. The van der Waals surface area contributed by atoms with Crippen LogP contribution in [0, 0.1) is 11.2 Å². The molecule has 7 nitrogen and oxygen atoms in total. The summed E-state index contributed by atoms with van der Waals surface area (Å²) in [5.74, 6) is -1.10. The van der Waals surface area contributed by atoms with E-state index in [4.69, 9.17) is 4.74 Å². The second-order valence-electron chi connectivity index (χ2n) is 8.22. The van der Waals surface area contributed by atoms with Gasteiger partial charge >= 0.3 is 0 Å². The lowest BCUT2D eigenvalue weighted by molar-refractivity contribution is 0.0731. The van der Waals surface area contributed by atoms with Gasteiger partial charge in [-0.05, 0) is 48.6 Å². The molecule has 2 aromatic rings. The van der Waals surface area contributed by atoms with Gasteiger partial charge in [-0.2, -0.15) is 0 Å². The molecule has 2 aromatic carbocycles. The van der Waals surface area contributed by atoms with Crippen LogP contribution >= 0.6 is 0 Å². The molecule has 1 heterocycles. The monoisotopic (exact) mass is 470 g/mol. The Morgan fingerprint density at radius 1 is 1.10 bits per heavy atom. The number of methoxy groups -OCH3 is 1. The van der Waals surface area contributed by atoms with Crippen LogP contribution in [0.3, 0.4) is 0 Å². The minimum atomic E-state index is -4.12. The summed E-state index contributed by atoms with van der Waals surface area (Å²) in [6.45, 7) is 4.34. The molecule has 0 aromatic heterocycles. The highest BCUT2D eigenvalue weighted by molar-refractivity contribution is 7.92. The molecule has 0 bridgehead atoms. The standard InChI is InChI=1S/C21H27FN2O5S2/c1-21(15-29-2)10-12-24(13-11-21)19-7-5-4-6-18(19)23-31(27,28)16-8-9-20(17(22)14-16)30(3,25)26/h4-9,14,23H,10-13,15H2,1-3H3. The van der Waals surface area contributed by atoms with E-state index in [2.05, 4.69) is 16.5 Å². The van der Waals surface area contributed by atoms with Crippen LogP contribution in [-0.4, -0.2) is 49.9 Å². The third-order valence-electron chi connectivity index (χ3n) is 5.57. The summed E-state index contributed by atoms with van der Waals surface area (Å²) in [6, 6.07) is 9.80. The van der Waals surface area contributed by atoms with Gasteiger partial charge in [-0.15, -0.1) is 0 Å². The zero-order chi connectivity index (χ0) is 22.9. The number of hydrogen-bond acceptors (Lipinski definition) is 6. The molecular formula is C21H27FN2O5S2. The summed E-state index contributed by atoms with van der Waals surface area (Å²) in [5.41, 5.74) is 1.20. The van der Waals surface area contributed by atoms with E-state index in [1.807, 2.05) is 12.1 Å². The maximum atomic E-state index is 14.2. The number of sulfonamides is 1. The molecule has 31 heavy (non-hydrogen) atoms. The van der Waals surface area contributed by atoms with Crippen molar-refractivity contribution in [3.05, 3.63) is 48.3 Å². The zero-order valence-electron chi connectivity index (χ0n) is 17.8. The first-order chi connectivity index (χ1) is 14.5. The second kappa shape index (κ2) is 8.76. The van der Waals surface area contributed by atoms with E-state index in [-0.39, 0.29) is 10.3 Å². The average molecular weight is 471 g/mol. The number of piperidine rings is 1. The van der Waals surface area contributed by atoms with Crippen molar-refractivity contribution in [3.63, 3.8) is 0 Å². The molecule has 1 aliphatic rings. The molecule has 0 spiro atoms. The molecule has 1 fully saturated rings. The highest BCUT2D eigenvalue weighted by Gasteiger charge is 2.31. The van der Waals surface area contributed by atoms with Crippen LogP contribution in [-0.2, 0) is 24.6 Å². The number of nitrogens with one attached hydrogen (secondary N) is 1. The van der Waals surface area contributed by atoms with E-state index in [9.17, 15) is 21.2 Å². The first-order valence-corrected chi connectivity index (χ1v) is 13.2. The van der Waals surface area contributed by atoms with Gasteiger partial charge in [0.1, 0.15) is 10.7 Å². The number of para-hydroxylation sites is 2. The topological polar surface area (TPSA) is 92.8 Å². The molecule has 3 rings (SSSR count). The Morgan fingerprint density at radius 3 is 2.32 bits per heavy atom. The number of nitrogens with zero attached hydrogens (tertiary/aromatic N) is 1. The summed E-state index contributed by atoms with van der Waals surface area (Å²) < 4.78 is 71.0. The van der Waals surface area contributed by atoms with Crippen LogP contribution in [0.2, 0.25) is 0 Å². The normalized spacial score (nSPS) is 16.8. The van der Waals surface area contributed by atoms with Crippen LogP contribution < -0.4 is 9.62 Å². The molecule has 1 saturated heterocycles. The molecule has 170 valence electrons. The van der Waals surface area contributed by atoms with Crippen molar-refractivity contribution in [2.75, 3.05) is 42.7 Å². The van der Waals surface area contributed by atoms with E-state index in [1.165, 1.54) is 0 Å². The Labute approximate surface area is 183 Å². The first-order valence-electron chi connectivity index (χ1n) is 9.81. The largest absolute Gasteiger partial charge is 0.384 e. The molecular weight excluding hydrogens is 443 g/mol. The summed E-state index contributed by atoms with van der Waals surface area (Å²) >= 11 is 0. The van der Waals surface area contributed by atoms with Crippen LogP contribution in [0.25, 0.3) is 0 Å². The third kappa shape index (κ3) is 5.36. The van der Waals surface area contributed by atoms with Gasteiger partial charge in [0.25, 0.3) is 10.0 Å². The smallest absolute Gasteiger partial charge is 0.262 e. The molecule has 0 atom stereocenters. The molecule has 0 amide bonds. The molecule has 1 aliphatic heterocycles. The Morgan fingerprint density at radius 2 is 1.74 bits per heavy atom. The van der Waals surface area contributed by atoms with Crippen molar-refractivity contribution in [2.45, 2.75) is 29.6 Å². The fraction of sp³-hybridized carbons (Fsp3) is 0.429. The highest BCUT2D eigenvalue weighted by Crippen LogP contribution is 2.36. The molecule has 0 unspecified atom stereocenters. The van der Waals surface area contributed by atoms with Crippen LogP contribution in [0.1, 0.15) is 19.8 Å². The van der Waals surface area contributed by atoms with Crippen molar-refractivity contribution >= 4 is 31.2 Å². The van der Waals surface area contributed by atoms with Gasteiger partial charge in [-0.3, -0.25) is 4.72 Å². The number of anilines is 2. The molecule has 1 N–H and O–H groups in total. The number of ether oxygens (including phenoxy) is 1. The number of sulfone groups is 1. The molecule has 0 radical (unpaired) electrons. The first kappa shape index (κ1) is 23.5. The predicted molar refractivity (Wildman–Crippen MR) is 118 cm³/mol. The van der Waals surface area contributed by atoms with Crippen LogP contribution in [0.4, 0.5) is 15.8 Å². The van der Waals surface area contributed by atoms with Crippen LogP contribution in [0.5, 0.6) is 0 Å². The van der Waals surface area contributed by atoms with Gasteiger partial charge in [-0.1, -0.05) is 19.1 Å². The molecule has 0 saturated carbocycles. The van der Waals surface area contributed by atoms with E-state index >= 15 is 0 Å². The lowest BCUT2D eigenvalue weighted by atomic mass is 9.81. The van der Waals surface area contributed by atoms with Gasteiger partial charge < -0.3 is 9.64 Å². The maximum Gasteiger partial charge on any atom is 0.262 e. The summed E-state index contributed by atoms with van der Waals surface area (Å²) in [6.07, 6.45) is 2.67. The Balaban J connectivity index is 1.85. The fourth-order valence-corrected chi connectivity index (χ4v) is 5.58. The maximum absolute atomic E-state index is 14.2. The van der Waals surface area contributed by atoms with Crippen molar-refractivity contribution < 1.29 is 26.0 Å². The van der Waals surface area contributed by atoms with Gasteiger partial charge in [0, 0.05) is 26.5 Å². The second-order valence-corrected chi connectivity index (χ2v) is 11.9. The van der Waals surface area contributed by atoms with Crippen molar-refractivity contribution in [2.24, 2.45) is 5.41 Å². The predicted octanol–water partition coefficient (Wildman–Crippen LogP) is 3.28. The van der Waals surface area contributed by atoms with Gasteiger partial charge in [0.2, 0.25) is 0 Å². The van der Waals surface area contributed by atoms with Crippen molar-refractivity contribution in [3.8, 4) is 0 Å². The molecule has 0 aliphatic carbocycles. The zero-order valence-corrected chi connectivity index (χ0v) is 19.4. The van der Waals surface area contributed by atoms with E-state index in [0.29, 0.717) is 12.3 Å². The van der Waals surface area contributed by atoms with E-state index in [1.54, 1.807) is 19.2 Å². The van der Waals surface area contributed by atoms with Gasteiger partial charge in [0.05, 0.1) is 22.9 Å². The van der Waals surface area contributed by atoms with Crippen molar-refractivity contribution in [1.82, 2.24) is 0 Å². The summed E-state index contributed by atoms with van der Waals surface area (Å²) in [5, 5.41) is 0. The lowest BCUT2D eigenvalue weighted by Crippen LogP contribution is -2.41. The average Bonchev–Trinajstić information content (AvgIpc) is 2.68. The van der Waals surface area contributed by atoms with Crippen molar-refractivity contribution in [1.29, 1.82) is 0 Å². The quantitative estimate of drug-likeness (QED) is 0.668. The third-order valence-corrected chi connectivity index (χ3v) is 8.06. The number of halogens is 1. The summed E-state index contributed by atoms with van der Waals surface area (Å²) in [4.78, 5) is 1.22. The highest BCUT2D eigenvalue weighted by atomic mass is 32.2. The SMILES string of the molecule is COCC1(C)CCN(c2ccccc2NS(=O)(=O)c2ccc(S(C)(=O)=O)c(F)c2)CC1. The Hall–Kier alpha value is -2.17. The van der Waals surface area contributed by atoms with E-state index in [0.717, 1.165) is 56.1 Å². The van der Waals surface area contributed by atoms with Gasteiger partial charge in [-0.25, -0.2) is 21.2 Å². The lowest BCUT2D eigenvalue weighted by Gasteiger charge is -2.40. The fourth-order valence-electron chi connectivity index (χ4n) is 3.77. The van der Waals surface area contributed by atoms with E-state index < -0.39 is 30.6 Å². The van der Waals surface area contributed by atoms with Gasteiger partial charge in [0.15, 0.2) is 9.84 Å². The molecule has 10 heteroatoms.